The highest BCUT2D eigenvalue weighted by atomic mass is 16.3. The normalized spacial score (nSPS) is 20.2. The third-order valence-electron chi connectivity index (χ3n) is 3.56. The van der Waals surface area contributed by atoms with Crippen molar-refractivity contribution in [3.8, 4) is 0 Å². The van der Waals surface area contributed by atoms with Crippen LogP contribution in [0.2, 0.25) is 0 Å². The standard InChI is InChI=1S/C14H23N3O/c1-11-6-13(7-15-2)8-16-14(11)17-5-3-4-12(9-17)10-18/h6,8,12,15,18H,3-5,7,9-10H2,1-2H3. The Kier molecular flexibility index (Phi) is 4.55. The van der Waals surface area contributed by atoms with E-state index in [0.717, 1.165) is 38.3 Å². The van der Waals surface area contributed by atoms with E-state index in [-0.39, 0.29) is 6.61 Å². The summed E-state index contributed by atoms with van der Waals surface area (Å²) >= 11 is 0. The van der Waals surface area contributed by atoms with Crippen molar-refractivity contribution in [1.29, 1.82) is 0 Å². The molecule has 1 aliphatic rings. The number of aliphatic hydroxyl groups excluding tert-OH is 1. The van der Waals surface area contributed by atoms with Gasteiger partial charge in [-0.3, -0.25) is 0 Å². The van der Waals surface area contributed by atoms with Crippen molar-refractivity contribution in [3.05, 3.63) is 23.4 Å². The lowest BCUT2D eigenvalue weighted by Crippen LogP contribution is -2.37. The van der Waals surface area contributed by atoms with E-state index in [9.17, 15) is 5.11 Å². The summed E-state index contributed by atoms with van der Waals surface area (Å²) in [5, 5.41) is 12.4. The lowest BCUT2D eigenvalue weighted by Gasteiger charge is -2.33. The van der Waals surface area contributed by atoms with Crippen LogP contribution in [0.15, 0.2) is 12.3 Å². The van der Waals surface area contributed by atoms with Gasteiger partial charge in [0.05, 0.1) is 0 Å². The van der Waals surface area contributed by atoms with Crippen LogP contribution in [0.25, 0.3) is 0 Å². The minimum atomic E-state index is 0.285. The Bertz CT molecular complexity index is 395. The molecule has 4 heteroatoms. The number of piperidine rings is 1. The first-order chi connectivity index (χ1) is 8.74. The quantitative estimate of drug-likeness (QED) is 0.845. The first-order valence-electron chi connectivity index (χ1n) is 6.70. The highest BCUT2D eigenvalue weighted by Gasteiger charge is 2.21. The molecule has 0 saturated carbocycles. The van der Waals surface area contributed by atoms with Crippen LogP contribution in [0.4, 0.5) is 5.82 Å². The van der Waals surface area contributed by atoms with E-state index in [4.69, 9.17) is 0 Å². The summed E-state index contributed by atoms with van der Waals surface area (Å²) in [4.78, 5) is 6.90. The number of nitrogens with zero attached hydrogens (tertiary/aromatic N) is 2. The fourth-order valence-electron chi connectivity index (χ4n) is 2.66. The number of pyridine rings is 1. The van der Waals surface area contributed by atoms with E-state index in [2.05, 4.69) is 28.2 Å². The second-order valence-corrected chi connectivity index (χ2v) is 5.15. The number of aliphatic hydroxyl groups is 1. The van der Waals surface area contributed by atoms with E-state index < -0.39 is 0 Å². The number of nitrogens with one attached hydrogen (secondary N) is 1. The zero-order chi connectivity index (χ0) is 13.0. The molecule has 2 rings (SSSR count). The van der Waals surface area contributed by atoms with Crippen molar-refractivity contribution in [3.63, 3.8) is 0 Å². The summed E-state index contributed by atoms with van der Waals surface area (Å²) in [6.45, 7) is 5.23. The molecule has 2 N–H and O–H groups in total. The third kappa shape index (κ3) is 3.00. The number of rotatable bonds is 4. The van der Waals surface area contributed by atoms with Crippen molar-refractivity contribution < 1.29 is 5.11 Å². The molecule has 100 valence electrons. The molecule has 1 unspecified atom stereocenters. The zero-order valence-electron chi connectivity index (χ0n) is 11.3. The van der Waals surface area contributed by atoms with E-state index in [1.165, 1.54) is 11.1 Å². The van der Waals surface area contributed by atoms with Gasteiger partial charge in [-0.25, -0.2) is 4.98 Å². The Hall–Kier alpha value is -1.13. The average molecular weight is 249 g/mol. The van der Waals surface area contributed by atoms with Gasteiger partial charge in [-0.1, -0.05) is 0 Å². The van der Waals surface area contributed by atoms with Gasteiger partial charge < -0.3 is 15.3 Å². The van der Waals surface area contributed by atoms with Crippen molar-refractivity contribution >= 4 is 5.82 Å². The summed E-state index contributed by atoms with van der Waals surface area (Å²) in [5.41, 5.74) is 2.44. The number of hydrogen-bond donors (Lipinski definition) is 2. The number of hydrogen-bond acceptors (Lipinski definition) is 4. The highest BCUT2D eigenvalue weighted by Crippen LogP contribution is 2.24. The maximum absolute atomic E-state index is 9.28. The molecular formula is C14H23N3O. The van der Waals surface area contributed by atoms with Gasteiger partial charge in [0.25, 0.3) is 0 Å². The number of aromatic nitrogens is 1. The Balaban J connectivity index is 2.12. The predicted molar refractivity (Wildman–Crippen MR) is 73.8 cm³/mol. The Labute approximate surface area is 109 Å². The molecule has 18 heavy (non-hydrogen) atoms. The summed E-state index contributed by atoms with van der Waals surface area (Å²) in [5.74, 6) is 1.48. The van der Waals surface area contributed by atoms with Crippen molar-refractivity contribution in [1.82, 2.24) is 10.3 Å². The van der Waals surface area contributed by atoms with Gasteiger partial charge in [0, 0.05) is 32.4 Å². The van der Waals surface area contributed by atoms with Gasteiger partial charge in [-0.05, 0) is 49.9 Å². The molecule has 2 heterocycles. The SMILES string of the molecule is CNCc1cnc(N2CCCC(CO)C2)c(C)c1. The van der Waals surface area contributed by atoms with Gasteiger partial charge in [-0.2, -0.15) is 0 Å². The van der Waals surface area contributed by atoms with Gasteiger partial charge in [0.2, 0.25) is 0 Å². The zero-order valence-corrected chi connectivity index (χ0v) is 11.3. The topological polar surface area (TPSA) is 48.4 Å². The van der Waals surface area contributed by atoms with Crippen LogP contribution < -0.4 is 10.2 Å². The van der Waals surface area contributed by atoms with Gasteiger partial charge in [0.15, 0.2) is 0 Å². The molecule has 0 aromatic carbocycles. The van der Waals surface area contributed by atoms with Crippen molar-refractivity contribution in [2.24, 2.45) is 5.92 Å². The van der Waals surface area contributed by atoms with E-state index in [0.29, 0.717) is 5.92 Å². The highest BCUT2D eigenvalue weighted by molar-refractivity contribution is 5.47. The van der Waals surface area contributed by atoms with E-state index >= 15 is 0 Å². The lowest BCUT2D eigenvalue weighted by molar-refractivity contribution is 0.208. The van der Waals surface area contributed by atoms with Crippen LogP contribution in [-0.2, 0) is 6.54 Å². The molecule has 4 nitrogen and oxygen atoms in total. The minimum Gasteiger partial charge on any atom is -0.396 e. The maximum Gasteiger partial charge on any atom is 0.131 e. The summed E-state index contributed by atoms with van der Waals surface area (Å²) < 4.78 is 0. The fourth-order valence-corrected chi connectivity index (χ4v) is 2.66. The molecule has 1 aromatic heterocycles. The Morgan fingerprint density at radius 1 is 1.56 bits per heavy atom. The Morgan fingerprint density at radius 3 is 3.06 bits per heavy atom. The van der Waals surface area contributed by atoms with Gasteiger partial charge in [-0.15, -0.1) is 0 Å². The monoisotopic (exact) mass is 249 g/mol. The van der Waals surface area contributed by atoms with Crippen LogP contribution in [-0.4, -0.2) is 36.8 Å². The largest absolute Gasteiger partial charge is 0.396 e. The maximum atomic E-state index is 9.28. The van der Waals surface area contributed by atoms with Crippen LogP contribution in [0.3, 0.4) is 0 Å². The number of anilines is 1. The predicted octanol–water partition coefficient (Wildman–Crippen LogP) is 1.32. The smallest absolute Gasteiger partial charge is 0.131 e. The average Bonchev–Trinajstić information content (AvgIpc) is 2.39. The molecule has 1 fully saturated rings. The molecule has 0 amide bonds. The summed E-state index contributed by atoms with van der Waals surface area (Å²) in [6, 6.07) is 2.20. The minimum absolute atomic E-state index is 0.285. The van der Waals surface area contributed by atoms with Gasteiger partial charge in [0.1, 0.15) is 5.82 Å². The fraction of sp³-hybridized carbons (Fsp3) is 0.643. The van der Waals surface area contributed by atoms with E-state index in [1.807, 2.05) is 13.2 Å². The summed E-state index contributed by atoms with van der Waals surface area (Å²) in [7, 11) is 1.94. The lowest BCUT2D eigenvalue weighted by atomic mass is 9.98. The molecule has 1 aromatic rings. The second kappa shape index (κ2) is 6.16. The molecule has 1 aliphatic heterocycles. The molecule has 1 saturated heterocycles. The number of aryl methyl sites for hydroxylation is 1. The Morgan fingerprint density at radius 2 is 2.39 bits per heavy atom. The van der Waals surface area contributed by atoms with Crippen molar-refractivity contribution in [2.75, 3.05) is 31.6 Å². The molecule has 0 aliphatic carbocycles. The van der Waals surface area contributed by atoms with Crippen LogP contribution in [0.5, 0.6) is 0 Å². The van der Waals surface area contributed by atoms with Crippen LogP contribution >= 0.6 is 0 Å². The second-order valence-electron chi connectivity index (χ2n) is 5.15. The molecule has 0 radical (unpaired) electrons. The van der Waals surface area contributed by atoms with Crippen molar-refractivity contribution in [2.45, 2.75) is 26.3 Å². The molecule has 1 atom stereocenters. The molecule has 0 spiro atoms. The first-order valence-corrected chi connectivity index (χ1v) is 6.70. The van der Waals surface area contributed by atoms with Crippen LogP contribution in [0.1, 0.15) is 24.0 Å². The first kappa shape index (κ1) is 13.3. The molecule has 0 bridgehead atoms. The van der Waals surface area contributed by atoms with E-state index in [1.54, 1.807) is 0 Å². The third-order valence-corrected chi connectivity index (χ3v) is 3.56. The summed E-state index contributed by atoms with van der Waals surface area (Å²) in [6.07, 6.45) is 4.22. The molecular weight excluding hydrogens is 226 g/mol. The van der Waals surface area contributed by atoms with Gasteiger partial charge >= 0.3 is 0 Å². The van der Waals surface area contributed by atoms with Crippen LogP contribution in [0, 0.1) is 12.8 Å².